The Kier molecular flexibility index (Phi) is 16.8. The van der Waals surface area contributed by atoms with Crippen LogP contribution in [0.15, 0.2) is 0 Å². The van der Waals surface area contributed by atoms with Crippen LogP contribution in [0.25, 0.3) is 0 Å². The molecule has 124 valence electrons. The molecule has 2 saturated carbocycles. The van der Waals surface area contributed by atoms with Gasteiger partial charge in [-0.2, -0.15) is 0 Å². The van der Waals surface area contributed by atoms with Crippen molar-refractivity contribution in [3.05, 3.63) is 0 Å². The molecule has 2 rings (SSSR count). The highest BCUT2D eigenvalue weighted by Gasteiger charge is 2.37. The summed E-state index contributed by atoms with van der Waals surface area (Å²) in [4.78, 5) is 2.28. The lowest BCUT2D eigenvalue weighted by Crippen LogP contribution is -3.00. The minimum atomic E-state index is 0. The summed E-state index contributed by atoms with van der Waals surface area (Å²) >= 11 is 3.01. The summed E-state index contributed by atoms with van der Waals surface area (Å²) in [6, 6.07) is 1.80. The molecule has 0 amide bonds. The van der Waals surface area contributed by atoms with Gasteiger partial charge in [0, 0.05) is 18.9 Å². The van der Waals surface area contributed by atoms with Crippen molar-refractivity contribution in [1.82, 2.24) is 4.90 Å². The number of alkyl halides is 1. The minimum Gasteiger partial charge on any atom is -1.00 e. The second-order valence-electron chi connectivity index (χ2n) is 5.90. The van der Waals surface area contributed by atoms with Crippen molar-refractivity contribution in [2.24, 2.45) is 0 Å². The second-order valence-corrected chi connectivity index (χ2v) is 6.47. The third-order valence-electron chi connectivity index (χ3n) is 3.39. The Morgan fingerprint density at radius 1 is 1.10 bits per heavy atom. The topological polar surface area (TPSA) is 3.24 Å². The van der Waals surface area contributed by atoms with Gasteiger partial charge in [0.1, 0.15) is 6.54 Å². The van der Waals surface area contributed by atoms with Gasteiger partial charge < -0.3 is 26.4 Å². The Balaban J connectivity index is -0.000000239. The lowest BCUT2D eigenvalue weighted by Gasteiger charge is -2.26. The molecule has 0 heterocycles. The van der Waals surface area contributed by atoms with Crippen molar-refractivity contribution in [2.45, 2.75) is 45.2 Å². The Labute approximate surface area is 152 Å². The fraction of sp³-hybridized carbons (Fsp3) is 0.765. The summed E-state index contributed by atoms with van der Waals surface area (Å²) in [5.41, 5.74) is 0. The highest BCUT2D eigenvalue weighted by molar-refractivity contribution is 9.09. The minimum absolute atomic E-state index is 0. The summed E-state index contributed by atoms with van der Waals surface area (Å²) in [5.74, 6) is 5.05. The van der Waals surface area contributed by atoms with Crippen LogP contribution in [-0.4, -0.2) is 61.5 Å². The van der Waals surface area contributed by atoms with Crippen LogP contribution >= 0.6 is 15.9 Å². The van der Waals surface area contributed by atoms with Crippen molar-refractivity contribution in [1.29, 1.82) is 0 Å². The van der Waals surface area contributed by atoms with Crippen molar-refractivity contribution in [2.75, 3.05) is 40.1 Å². The number of quaternary nitrogens is 1. The van der Waals surface area contributed by atoms with E-state index in [1.54, 1.807) is 0 Å². The highest BCUT2D eigenvalue weighted by atomic mass is 79.9. The van der Waals surface area contributed by atoms with E-state index in [2.05, 4.69) is 60.9 Å². The van der Waals surface area contributed by atoms with Crippen LogP contribution in [-0.2, 0) is 0 Å². The van der Waals surface area contributed by atoms with E-state index in [9.17, 15) is 0 Å². The highest BCUT2D eigenvalue weighted by Crippen LogP contribution is 2.29. The second kappa shape index (κ2) is 13.6. The average molecular weight is 424 g/mol. The zero-order valence-corrected chi connectivity index (χ0v) is 16.4. The lowest BCUT2D eigenvalue weighted by atomic mass is 10.4. The molecule has 0 aliphatic heterocycles. The van der Waals surface area contributed by atoms with Crippen LogP contribution in [0.3, 0.4) is 0 Å². The SMILES string of the molecule is C.C#CCBr.C#CC[N+](C)(C)C1CC1.CN(C)C1CC1.[Br-]. The Bertz CT molecular complexity index is 319. The van der Waals surface area contributed by atoms with E-state index in [1.807, 2.05) is 0 Å². The predicted octanol–water partition coefficient (Wildman–Crippen LogP) is 0.223. The number of rotatable bonds is 3. The summed E-state index contributed by atoms with van der Waals surface area (Å²) in [7, 11) is 8.68. The molecule has 2 aliphatic carbocycles. The monoisotopic (exact) mass is 422 g/mol. The molecule has 2 aliphatic rings. The molecular weight excluding hydrogens is 392 g/mol. The van der Waals surface area contributed by atoms with Gasteiger partial charge in [-0.1, -0.05) is 29.3 Å². The van der Waals surface area contributed by atoms with Gasteiger partial charge in [-0.15, -0.1) is 12.8 Å². The molecule has 0 atom stereocenters. The molecule has 4 heteroatoms. The Morgan fingerprint density at radius 2 is 1.52 bits per heavy atom. The third kappa shape index (κ3) is 14.7. The van der Waals surface area contributed by atoms with Crippen LogP contribution in [0.1, 0.15) is 33.1 Å². The van der Waals surface area contributed by atoms with E-state index in [4.69, 9.17) is 12.8 Å². The van der Waals surface area contributed by atoms with Gasteiger partial charge in [0.05, 0.1) is 25.5 Å². The molecule has 0 unspecified atom stereocenters. The first-order valence-corrected chi connectivity index (χ1v) is 7.93. The van der Waals surface area contributed by atoms with E-state index in [0.29, 0.717) is 5.33 Å². The van der Waals surface area contributed by atoms with Gasteiger partial charge >= 0.3 is 0 Å². The number of hydrogen-bond acceptors (Lipinski definition) is 1. The molecule has 0 saturated heterocycles. The molecule has 0 aromatic carbocycles. The van der Waals surface area contributed by atoms with Gasteiger partial charge in [-0.05, 0) is 32.9 Å². The van der Waals surface area contributed by atoms with E-state index in [0.717, 1.165) is 23.1 Å². The standard InChI is InChI=1S/C8H14N.C5H11N.C3H3Br.CH4.BrH/c1-4-7-9(2,3)8-5-6-8;1-6(2)5-3-4-5;1-2-3-4;;/h1,8H,5-7H2,2-3H3;5H,3-4H2,1-2H3;1H,3H2;1H4;1H/q+1;;;;/p-1. The predicted molar refractivity (Wildman–Crippen MR) is 94.9 cm³/mol. The normalized spacial score (nSPS) is 15.6. The molecule has 0 radical (unpaired) electrons. The molecule has 0 aromatic heterocycles. The molecule has 0 N–H and O–H groups in total. The van der Waals surface area contributed by atoms with Crippen LogP contribution in [0.5, 0.6) is 0 Å². The van der Waals surface area contributed by atoms with Gasteiger partial charge in [0.25, 0.3) is 0 Å². The molecule has 0 spiro atoms. The first-order chi connectivity index (χ1) is 8.88. The molecule has 2 nitrogen and oxygen atoms in total. The largest absolute Gasteiger partial charge is 1.00 e. The maximum absolute atomic E-state index is 5.21. The van der Waals surface area contributed by atoms with Crippen LogP contribution < -0.4 is 17.0 Å². The number of nitrogens with zero attached hydrogens (tertiary/aromatic N) is 2. The maximum atomic E-state index is 5.21. The van der Waals surface area contributed by atoms with Gasteiger partial charge in [-0.3, -0.25) is 0 Å². The van der Waals surface area contributed by atoms with E-state index >= 15 is 0 Å². The first-order valence-electron chi connectivity index (χ1n) is 6.81. The van der Waals surface area contributed by atoms with E-state index in [1.165, 1.54) is 25.7 Å². The van der Waals surface area contributed by atoms with Crippen molar-refractivity contribution in [3.8, 4) is 24.7 Å². The summed E-state index contributed by atoms with van der Waals surface area (Å²) in [6.45, 7) is 0.880. The average Bonchev–Trinajstić information content (AvgIpc) is 3.23. The Morgan fingerprint density at radius 3 is 1.67 bits per heavy atom. The molecule has 21 heavy (non-hydrogen) atoms. The summed E-state index contributed by atoms with van der Waals surface area (Å²) in [5, 5.41) is 0.660. The van der Waals surface area contributed by atoms with Gasteiger partial charge in [0.2, 0.25) is 0 Å². The fourth-order valence-electron chi connectivity index (χ4n) is 1.73. The van der Waals surface area contributed by atoms with Crippen LogP contribution in [0, 0.1) is 24.7 Å². The lowest BCUT2D eigenvalue weighted by molar-refractivity contribution is -0.894. The molecule has 0 bridgehead atoms. The number of terminal acetylenes is 2. The fourth-order valence-corrected chi connectivity index (χ4v) is 1.73. The van der Waals surface area contributed by atoms with E-state index < -0.39 is 0 Å². The zero-order valence-electron chi connectivity index (χ0n) is 13.2. The zero-order chi connectivity index (χ0) is 14.9. The van der Waals surface area contributed by atoms with Gasteiger partial charge in [0.15, 0.2) is 0 Å². The van der Waals surface area contributed by atoms with Crippen molar-refractivity contribution >= 4 is 15.9 Å². The number of halogens is 2. The quantitative estimate of drug-likeness (QED) is 0.356. The number of hydrogen-bond donors (Lipinski definition) is 0. The van der Waals surface area contributed by atoms with Crippen molar-refractivity contribution < 1.29 is 21.5 Å². The first kappa shape index (κ1) is 25.9. The Hall–Kier alpha value is 0. The van der Waals surface area contributed by atoms with Crippen LogP contribution in [0.2, 0.25) is 0 Å². The molecular formula is C17H32Br2N2. The summed E-state index contributed by atoms with van der Waals surface area (Å²) < 4.78 is 1.02. The molecule has 0 aromatic rings. The summed E-state index contributed by atoms with van der Waals surface area (Å²) in [6.07, 6.45) is 15.5. The molecule has 2 fully saturated rings. The van der Waals surface area contributed by atoms with Crippen molar-refractivity contribution in [3.63, 3.8) is 0 Å². The maximum Gasteiger partial charge on any atom is 0.140 e. The van der Waals surface area contributed by atoms with Gasteiger partial charge in [-0.25, -0.2) is 0 Å². The smallest absolute Gasteiger partial charge is 0.140 e. The van der Waals surface area contributed by atoms with Crippen LogP contribution in [0.4, 0.5) is 0 Å². The third-order valence-corrected chi connectivity index (χ3v) is 3.71. The van der Waals surface area contributed by atoms with E-state index in [-0.39, 0.29) is 24.4 Å².